The molecule has 162 valence electrons. The first kappa shape index (κ1) is 23.9. The van der Waals surface area contributed by atoms with Crippen LogP contribution in [0, 0.1) is 5.92 Å². The van der Waals surface area contributed by atoms with E-state index in [1.807, 2.05) is 32.9 Å². The highest BCUT2D eigenvalue weighted by atomic mass is 79.9. The van der Waals surface area contributed by atoms with Gasteiger partial charge in [0, 0.05) is 10.4 Å². The second-order valence-electron chi connectivity index (χ2n) is 7.98. The molecule has 3 rings (SSSR count). The third-order valence-electron chi connectivity index (χ3n) is 4.53. The van der Waals surface area contributed by atoms with Crippen LogP contribution in [0.15, 0.2) is 60.8 Å². The third-order valence-corrected chi connectivity index (χ3v) is 8.28. The molecule has 10 heteroatoms. The zero-order valence-corrected chi connectivity index (χ0v) is 21.5. The largest absolute Gasteiger partial charge is 0.591 e. The number of nitrogens with zero attached hydrogens (tertiary/aromatic N) is 2. The van der Waals surface area contributed by atoms with Crippen molar-refractivity contribution in [1.82, 2.24) is 4.98 Å². The normalized spacial score (nSPS) is 21.2. The summed E-state index contributed by atoms with van der Waals surface area (Å²) in [5.74, 6) is -0.0804. The summed E-state index contributed by atoms with van der Waals surface area (Å²) in [4.78, 5) is 4.57. The molecule has 6 nitrogen and oxygen atoms in total. The lowest BCUT2D eigenvalue weighted by atomic mass is 9.78. The Labute approximate surface area is 197 Å². The molecule has 1 heterocycles. The molecule has 1 aliphatic carbocycles. The minimum absolute atomic E-state index is 0.0804. The lowest BCUT2D eigenvalue weighted by Gasteiger charge is -2.35. The van der Waals surface area contributed by atoms with E-state index in [-0.39, 0.29) is 10.8 Å². The highest BCUT2D eigenvalue weighted by Crippen LogP contribution is 2.36. The fourth-order valence-corrected chi connectivity index (χ4v) is 5.21. The summed E-state index contributed by atoms with van der Waals surface area (Å²) >= 11 is 5.19. The summed E-state index contributed by atoms with van der Waals surface area (Å²) in [5, 5.41) is 0. The molecular weight excluding hydrogens is 556 g/mol. The summed E-state index contributed by atoms with van der Waals surface area (Å²) in [5.41, 5.74) is 1.24. The van der Waals surface area contributed by atoms with Crippen LogP contribution in [0.2, 0.25) is 0 Å². The van der Waals surface area contributed by atoms with Gasteiger partial charge in [0.1, 0.15) is 26.4 Å². The fraction of sp³-hybridized carbons (Fsp3) is 0.400. The molecule has 0 spiro atoms. The minimum atomic E-state index is -3.85. The van der Waals surface area contributed by atoms with Crippen molar-refractivity contribution < 1.29 is 17.2 Å². The van der Waals surface area contributed by atoms with Crippen LogP contribution < -0.4 is 0 Å². The summed E-state index contributed by atoms with van der Waals surface area (Å²) in [6, 6.07) is 11.8. The first-order valence-corrected chi connectivity index (χ1v) is 13.4. The SMILES string of the molecule is CC(C)(C)[S+]([O-])N=C(c1cccc(Br)n1)C1CC(OS(=O)(=O)c2ccc(Br)cc2)C1. The van der Waals surface area contributed by atoms with Crippen molar-refractivity contribution in [1.29, 1.82) is 0 Å². The smallest absolute Gasteiger partial charge is 0.297 e. The number of pyridine rings is 1. The van der Waals surface area contributed by atoms with Crippen molar-refractivity contribution in [2.45, 2.75) is 49.4 Å². The van der Waals surface area contributed by atoms with Gasteiger partial charge in [-0.05, 0) is 85.9 Å². The number of hydrogen-bond acceptors (Lipinski definition) is 6. The van der Waals surface area contributed by atoms with Crippen molar-refractivity contribution in [3.63, 3.8) is 0 Å². The van der Waals surface area contributed by atoms with E-state index >= 15 is 0 Å². The summed E-state index contributed by atoms with van der Waals surface area (Å²) < 4.78 is 48.5. The van der Waals surface area contributed by atoms with Gasteiger partial charge in [-0.3, -0.25) is 4.18 Å². The van der Waals surface area contributed by atoms with E-state index in [0.717, 1.165) is 4.47 Å². The van der Waals surface area contributed by atoms with Gasteiger partial charge >= 0.3 is 0 Å². The van der Waals surface area contributed by atoms with Crippen LogP contribution in [-0.2, 0) is 25.7 Å². The number of rotatable bonds is 6. The zero-order valence-electron chi connectivity index (χ0n) is 16.7. The average molecular weight is 578 g/mol. The maximum Gasteiger partial charge on any atom is 0.297 e. The molecule has 2 aromatic rings. The predicted molar refractivity (Wildman–Crippen MR) is 125 cm³/mol. The Hall–Kier alpha value is -0.780. The third kappa shape index (κ3) is 5.92. The second-order valence-corrected chi connectivity index (χ2v) is 13.2. The van der Waals surface area contributed by atoms with Crippen LogP contribution in [0.3, 0.4) is 0 Å². The summed E-state index contributed by atoms with van der Waals surface area (Å²) in [7, 11) is -3.85. The maximum absolute atomic E-state index is 12.7. The monoisotopic (exact) mass is 576 g/mol. The molecular formula is C20H22Br2N2O4S2. The lowest BCUT2D eigenvalue weighted by molar-refractivity contribution is 0.101. The molecule has 0 aliphatic heterocycles. The van der Waals surface area contributed by atoms with Crippen LogP contribution in [0.5, 0.6) is 0 Å². The van der Waals surface area contributed by atoms with E-state index in [4.69, 9.17) is 4.18 Å². The van der Waals surface area contributed by atoms with E-state index in [9.17, 15) is 13.0 Å². The maximum atomic E-state index is 12.7. The first-order chi connectivity index (χ1) is 14.0. The molecule has 1 aromatic heterocycles. The van der Waals surface area contributed by atoms with Crippen LogP contribution >= 0.6 is 31.9 Å². The van der Waals surface area contributed by atoms with E-state index in [1.54, 1.807) is 18.2 Å². The van der Waals surface area contributed by atoms with Gasteiger partial charge in [0.25, 0.3) is 10.1 Å². The van der Waals surface area contributed by atoms with Crippen molar-refractivity contribution >= 4 is 59.1 Å². The van der Waals surface area contributed by atoms with Gasteiger partial charge in [0.15, 0.2) is 0 Å². The van der Waals surface area contributed by atoms with Gasteiger partial charge in [-0.2, -0.15) is 8.42 Å². The van der Waals surface area contributed by atoms with E-state index < -0.39 is 32.3 Å². The van der Waals surface area contributed by atoms with Gasteiger partial charge in [-0.15, -0.1) is 0 Å². The molecule has 30 heavy (non-hydrogen) atoms. The van der Waals surface area contributed by atoms with Crippen molar-refractivity contribution in [2.75, 3.05) is 0 Å². The summed E-state index contributed by atoms with van der Waals surface area (Å²) in [6.07, 6.45) is 0.470. The van der Waals surface area contributed by atoms with Crippen LogP contribution in [0.1, 0.15) is 39.3 Å². The number of halogens is 2. The quantitative estimate of drug-likeness (QED) is 0.207. The molecule has 1 aromatic carbocycles. The van der Waals surface area contributed by atoms with Crippen LogP contribution in [0.4, 0.5) is 0 Å². The molecule has 0 radical (unpaired) electrons. The Balaban J connectivity index is 1.76. The van der Waals surface area contributed by atoms with E-state index in [1.165, 1.54) is 12.1 Å². The Morgan fingerprint density at radius 1 is 1.17 bits per heavy atom. The second kappa shape index (κ2) is 9.38. The van der Waals surface area contributed by atoms with Gasteiger partial charge in [-0.25, -0.2) is 4.98 Å². The Kier molecular flexibility index (Phi) is 7.46. The van der Waals surface area contributed by atoms with Crippen molar-refractivity contribution in [2.24, 2.45) is 10.3 Å². The number of benzene rings is 1. The Morgan fingerprint density at radius 2 is 1.80 bits per heavy atom. The lowest BCUT2D eigenvalue weighted by Crippen LogP contribution is -2.39. The van der Waals surface area contributed by atoms with E-state index in [0.29, 0.717) is 28.9 Å². The molecule has 1 saturated carbocycles. The summed E-state index contributed by atoms with van der Waals surface area (Å²) in [6.45, 7) is 5.57. The highest BCUT2D eigenvalue weighted by molar-refractivity contribution is 9.10. The molecule has 1 aliphatic rings. The number of hydrogen-bond donors (Lipinski definition) is 0. The van der Waals surface area contributed by atoms with Crippen molar-refractivity contribution in [3.8, 4) is 0 Å². The van der Waals surface area contributed by atoms with Crippen LogP contribution in [0.25, 0.3) is 0 Å². The molecule has 0 bridgehead atoms. The Bertz CT molecular complexity index is 1030. The van der Waals surface area contributed by atoms with Gasteiger partial charge in [0.05, 0.1) is 16.7 Å². The van der Waals surface area contributed by atoms with Gasteiger partial charge in [-0.1, -0.05) is 26.4 Å². The molecule has 1 unspecified atom stereocenters. The predicted octanol–water partition coefficient (Wildman–Crippen LogP) is 5.04. The van der Waals surface area contributed by atoms with Gasteiger partial charge in [0.2, 0.25) is 0 Å². The number of aromatic nitrogens is 1. The first-order valence-electron chi connectivity index (χ1n) is 9.28. The van der Waals surface area contributed by atoms with E-state index in [2.05, 4.69) is 41.2 Å². The average Bonchev–Trinajstić information content (AvgIpc) is 2.62. The molecule has 1 fully saturated rings. The molecule has 0 saturated heterocycles. The minimum Gasteiger partial charge on any atom is -0.591 e. The molecule has 1 atom stereocenters. The molecule has 0 amide bonds. The van der Waals surface area contributed by atoms with Gasteiger partial charge < -0.3 is 4.55 Å². The zero-order chi connectivity index (χ0) is 22.1. The topological polar surface area (TPSA) is 91.7 Å². The Morgan fingerprint density at radius 3 is 2.37 bits per heavy atom. The van der Waals surface area contributed by atoms with Crippen molar-refractivity contribution in [3.05, 3.63) is 57.2 Å². The standard InChI is InChI=1S/C20H22Br2N2O4S2/c1-20(2,3)29(25)24-19(17-5-4-6-18(22)23-17)13-11-15(12-13)28-30(26,27)16-9-7-14(21)8-10-16/h4-10,13,15H,11-12H2,1-3H3. The molecule has 0 N–H and O–H groups in total. The van der Waals surface area contributed by atoms with Crippen LogP contribution in [-0.4, -0.2) is 34.5 Å². The fourth-order valence-electron chi connectivity index (χ4n) is 2.81. The highest BCUT2D eigenvalue weighted by Gasteiger charge is 2.40.